The quantitative estimate of drug-likeness (QED) is 0.879. The number of nitrogens with zero attached hydrogens (tertiary/aromatic N) is 3. The molecule has 102 valence electrons. The Bertz CT molecular complexity index is 682. The minimum Gasteiger partial charge on any atom is -0.276 e. The van der Waals surface area contributed by atoms with Gasteiger partial charge in [0.15, 0.2) is 0 Å². The van der Waals surface area contributed by atoms with E-state index in [1.165, 1.54) is 24.5 Å². The highest BCUT2D eigenvalue weighted by Gasteiger charge is 2.16. The summed E-state index contributed by atoms with van der Waals surface area (Å²) in [5.41, 5.74) is 0.404. The predicted octanol–water partition coefficient (Wildman–Crippen LogP) is 2.31. The number of rotatable bonds is 4. The number of anilines is 1. The third-order valence-electron chi connectivity index (χ3n) is 2.39. The van der Waals surface area contributed by atoms with Crippen LogP contribution in [0, 0.1) is 0 Å². The summed E-state index contributed by atoms with van der Waals surface area (Å²) in [6, 6.07) is 2.83. The first-order chi connectivity index (χ1) is 8.88. The molecule has 2 aromatic rings. The summed E-state index contributed by atoms with van der Waals surface area (Å²) in [5, 5.41) is 4.19. The predicted molar refractivity (Wildman–Crippen MR) is 72.7 cm³/mol. The number of hydrogen-bond acceptors (Lipinski definition) is 4. The SMILES string of the molecule is CC(C)n1cc(NS(=O)(=O)c2ccnc(Cl)c2)cn1. The second-order valence-electron chi connectivity index (χ2n) is 4.22. The number of pyridine rings is 1. The molecule has 0 amide bonds. The van der Waals surface area contributed by atoms with Gasteiger partial charge in [0.05, 0.1) is 16.8 Å². The van der Waals surface area contributed by atoms with E-state index in [9.17, 15) is 8.42 Å². The molecule has 0 spiro atoms. The molecule has 0 aliphatic rings. The Kier molecular flexibility index (Phi) is 3.77. The van der Waals surface area contributed by atoms with Gasteiger partial charge in [0.25, 0.3) is 10.0 Å². The van der Waals surface area contributed by atoms with Crippen LogP contribution in [-0.2, 0) is 10.0 Å². The van der Waals surface area contributed by atoms with Gasteiger partial charge in [-0.25, -0.2) is 13.4 Å². The minimum absolute atomic E-state index is 0.0600. The summed E-state index contributed by atoms with van der Waals surface area (Å²) in [5.74, 6) is 0. The van der Waals surface area contributed by atoms with Gasteiger partial charge in [-0.05, 0) is 26.0 Å². The smallest absolute Gasteiger partial charge is 0.262 e. The van der Waals surface area contributed by atoms with Crippen molar-refractivity contribution in [3.05, 3.63) is 35.9 Å². The number of hydrogen-bond donors (Lipinski definition) is 1. The molecule has 19 heavy (non-hydrogen) atoms. The lowest BCUT2D eigenvalue weighted by Gasteiger charge is -2.06. The Balaban J connectivity index is 2.26. The molecule has 0 radical (unpaired) electrons. The van der Waals surface area contributed by atoms with E-state index in [2.05, 4.69) is 14.8 Å². The Morgan fingerprint density at radius 3 is 2.74 bits per heavy atom. The summed E-state index contributed by atoms with van der Waals surface area (Å²) in [6.07, 6.45) is 4.43. The zero-order valence-corrected chi connectivity index (χ0v) is 12.0. The summed E-state index contributed by atoms with van der Waals surface area (Å²) < 4.78 is 28.3. The molecule has 0 aliphatic carbocycles. The van der Waals surface area contributed by atoms with Gasteiger partial charge >= 0.3 is 0 Å². The minimum atomic E-state index is -3.68. The lowest BCUT2D eigenvalue weighted by atomic mass is 10.4. The fourth-order valence-corrected chi connectivity index (χ4v) is 2.72. The Morgan fingerprint density at radius 2 is 2.16 bits per heavy atom. The van der Waals surface area contributed by atoms with E-state index in [1.54, 1.807) is 10.9 Å². The normalized spacial score (nSPS) is 11.8. The molecule has 0 bridgehead atoms. The highest BCUT2D eigenvalue weighted by Crippen LogP contribution is 2.18. The van der Waals surface area contributed by atoms with Crippen LogP contribution in [-0.4, -0.2) is 23.2 Å². The fourth-order valence-electron chi connectivity index (χ4n) is 1.44. The van der Waals surface area contributed by atoms with Crippen molar-refractivity contribution in [2.75, 3.05) is 4.72 Å². The van der Waals surface area contributed by atoms with Crippen LogP contribution < -0.4 is 4.72 Å². The third-order valence-corrected chi connectivity index (χ3v) is 3.98. The second-order valence-corrected chi connectivity index (χ2v) is 6.29. The molecule has 0 saturated carbocycles. The van der Waals surface area contributed by atoms with Crippen molar-refractivity contribution in [1.82, 2.24) is 14.8 Å². The maximum Gasteiger partial charge on any atom is 0.262 e. The van der Waals surface area contributed by atoms with Gasteiger partial charge in [0, 0.05) is 18.4 Å². The first-order valence-electron chi connectivity index (χ1n) is 5.57. The van der Waals surface area contributed by atoms with E-state index in [-0.39, 0.29) is 16.1 Å². The van der Waals surface area contributed by atoms with Gasteiger partial charge in [-0.3, -0.25) is 9.40 Å². The van der Waals surface area contributed by atoms with Gasteiger partial charge in [-0.15, -0.1) is 0 Å². The summed E-state index contributed by atoms with van der Waals surface area (Å²) in [6.45, 7) is 3.90. The zero-order valence-electron chi connectivity index (χ0n) is 10.4. The summed E-state index contributed by atoms with van der Waals surface area (Å²) in [4.78, 5) is 3.80. The lowest BCUT2D eigenvalue weighted by molar-refractivity contribution is 0.532. The molecule has 2 aromatic heterocycles. The average molecular weight is 301 g/mol. The van der Waals surface area contributed by atoms with Gasteiger partial charge in [-0.2, -0.15) is 5.10 Å². The molecule has 6 nitrogen and oxygen atoms in total. The fraction of sp³-hybridized carbons (Fsp3) is 0.273. The molecular formula is C11H13ClN4O2S. The van der Waals surface area contributed by atoms with Gasteiger partial charge < -0.3 is 0 Å². The van der Waals surface area contributed by atoms with Crippen LogP contribution in [0.25, 0.3) is 0 Å². The first-order valence-corrected chi connectivity index (χ1v) is 7.43. The summed E-state index contributed by atoms with van der Waals surface area (Å²) in [7, 11) is -3.68. The molecule has 1 N–H and O–H groups in total. The first kappa shape index (κ1) is 13.8. The van der Waals surface area contributed by atoms with Crippen molar-refractivity contribution in [1.29, 1.82) is 0 Å². The molecule has 0 aromatic carbocycles. The maximum absolute atomic E-state index is 12.1. The van der Waals surface area contributed by atoms with Gasteiger partial charge in [-0.1, -0.05) is 11.6 Å². The van der Waals surface area contributed by atoms with Gasteiger partial charge in [0.1, 0.15) is 5.15 Å². The monoisotopic (exact) mass is 300 g/mol. The summed E-state index contributed by atoms with van der Waals surface area (Å²) >= 11 is 5.68. The number of sulfonamides is 1. The van der Waals surface area contributed by atoms with Crippen molar-refractivity contribution >= 4 is 27.3 Å². The van der Waals surface area contributed by atoms with Crippen molar-refractivity contribution in [2.45, 2.75) is 24.8 Å². The van der Waals surface area contributed by atoms with Crippen LogP contribution in [0.15, 0.2) is 35.6 Å². The van der Waals surface area contributed by atoms with Crippen LogP contribution in [0.2, 0.25) is 5.15 Å². The lowest BCUT2D eigenvalue weighted by Crippen LogP contribution is -2.12. The largest absolute Gasteiger partial charge is 0.276 e. The van der Waals surface area contributed by atoms with Crippen molar-refractivity contribution < 1.29 is 8.42 Å². The van der Waals surface area contributed by atoms with E-state index in [0.29, 0.717) is 5.69 Å². The number of halogens is 1. The van der Waals surface area contributed by atoms with Crippen LogP contribution in [0.1, 0.15) is 19.9 Å². The van der Waals surface area contributed by atoms with Gasteiger partial charge in [0.2, 0.25) is 0 Å². The van der Waals surface area contributed by atoms with Crippen molar-refractivity contribution in [2.24, 2.45) is 0 Å². The molecule has 0 aliphatic heterocycles. The topological polar surface area (TPSA) is 76.9 Å². The molecule has 2 heterocycles. The number of nitrogens with one attached hydrogen (secondary N) is 1. The Morgan fingerprint density at radius 1 is 1.42 bits per heavy atom. The van der Waals surface area contributed by atoms with E-state index in [0.717, 1.165) is 0 Å². The Labute approximate surface area is 116 Å². The highest BCUT2D eigenvalue weighted by atomic mass is 35.5. The van der Waals surface area contributed by atoms with Crippen LogP contribution >= 0.6 is 11.6 Å². The molecule has 0 saturated heterocycles. The third kappa shape index (κ3) is 3.24. The molecule has 0 unspecified atom stereocenters. The molecule has 2 rings (SSSR count). The maximum atomic E-state index is 12.1. The molecular weight excluding hydrogens is 288 g/mol. The highest BCUT2D eigenvalue weighted by molar-refractivity contribution is 7.92. The van der Waals surface area contributed by atoms with Crippen LogP contribution in [0.3, 0.4) is 0 Å². The van der Waals surface area contributed by atoms with E-state index < -0.39 is 10.0 Å². The molecule has 8 heteroatoms. The second kappa shape index (κ2) is 5.18. The van der Waals surface area contributed by atoms with Crippen LogP contribution in [0.4, 0.5) is 5.69 Å². The van der Waals surface area contributed by atoms with Crippen LogP contribution in [0.5, 0.6) is 0 Å². The Hall–Kier alpha value is -1.60. The average Bonchev–Trinajstić information content (AvgIpc) is 2.77. The molecule has 0 atom stereocenters. The van der Waals surface area contributed by atoms with E-state index in [4.69, 9.17) is 11.6 Å². The standard InChI is InChI=1S/C11H13ClN4O2S/c1-8(2)16-7-9(6-14-16)15-19(17,18)10-3-4-13-11(12)5-10/h3-8,15H,1-2H3. The van der Waals surface area contributed by atoms with Crippen molar-refractivity contribution in [3.8, 4) is 0 Å². The van der Waals surface area contributed by atoms with Crippen molar-refractivity contribution in [3.63, 3.8) is 0 Å². The number of aromatic nitrogens is 3. The van der Waals surface area contributed by atoms with E-state index in [1.807, 2.05) is 13.8 Å². The van der Waals surface area contributed by atoms with E-state index >= 15 is 0 Å². The molecule has 0 fully saturated rings. The zero-order chi connectivity index (χ0) is 14.0.